The number of carbonyl (C=O) groups excluding carboxylic acids is 1. The summed E-state index contributed by atoms with van der Waals surface area (Å²) in [7, 11) is 0. The van der Waals surface area contributed by atoms with Crippen molar-refractivity contribution >= 4 is 45.8 Å². The van der Waals surface area contributed by atoms with Crippen molar-refractivity contribution in [2.75, 3.05) is 5.32 Å². The molecule has 2 aromatic heterocycles. The van der Waals surface area contributed by atoms with Crippen molar-refractivity contribution in [3.63, 3.8) is 0 Å². The zero-order chi connectivity index (χ0) is 20.2. The van der Waals surface area contributed by atoms with Crippen molar-refractivity contribution in [1.82, 2.24) is 15.0 Å². The molecular formula is C18H9ClF2N4O3S. The van der Waals surface area contributed by atoms with Crippen molar-refractivity contribution in [3.05, 3.63) is 52.5 Å². The number of aromatic amines is 1. The summed E-state index contributed by atoms with van der Waals surface area (Å²) < 4.78 is 35.1. The number of alkyl halides is 2. The fourth-order valence-corrected chi connectivity index (χ4v) is 3.80. The molecule has 11 heteroatoms. The van der Waals surface area contributed by atoms with Gasteiger partial charge >= 0.3 is 6.29 Å². The number of rotatable bonds is 3. The molecule has 3 heterocycles. The number of ether oxygens (including phenoxy) is 2. The van der Waals surface area contributed by atoms with Crippen LogP contribution < -0.4 is 14.8 Å². The van der Waals surface area contributed by atoms with E-state index in [-0.39, 0.29) is 23.1 Å². The Hall–Kier alpha value is -3.24. The topological polar surface area (TPSA) is 89.1 Å². The second kappa shape index (κ2) is 6.39. The van der Waals surface area contributed by atoms with E-state index in [0.717, 1.165) is 5.56 Å². The Morgan fingerprint density at radius 2 is 1.97 bits per heavy atom. The Morgan fingerprint density at radius 1 is 1.17 bits per heavy atom. The van der Waals surface area contributed by atoms with Gasteiger partial charge in [-0.25, -0.2) is 9.97 Å². The van der Waals surface area contributed by atoms with Crippen LogP contribution in [0.25, 0.3) is 21.6 Å². The predicted octanol–water partition coefficient (Wildman–Crippen LogP) is 4.91. The first kappa shape index (κ1) is 17.8. The molecule has 2 N–H and O–H groups in total. The standard InChI is InChI=1S/C18H9ClF2N4O3S/c19-9-3-1-2-8(4-9)16-22-12(7-29-16)15(26)25-17-23-10-5-13-14(6-11(10)24-17)28-18(20,21)27-13/h1-7H,(H2,23,24,25,26). The lowest BCUT2D eigenvalue weighted by atomic mass is 10.2. The Bertz CT molecular complexity index is 1230. The molecule has 1 aliphatic heterocycles. The summed E-state index contributed by atoms with van der Waals surface area (Å²) in [4.78, 5) is 23.8. The number of nitrogens with zero attached hydrogens (tertiary/aromatic N) is 2. The van der Waals surface area contributed by atoms with Crippen LogP contribution in [0.4, 0.5) is 14.7 Å². The second-order valence-corrected chi connectivity index (χ2v) is 7.37. The summed E-state index contributed by atoms with van der Waals surface area (Å²) in [6.45, 7) is 0. The third kappa shape index (κ3) is 3.36. The van der Waals surface area contributed by atoms with E-state index in [1.165, 1.54) is 23.5 Å². The summed E-state index contributed by atoms with van der Waals surface area (Å²) in [5, 5.41) is 5.44. The Morgan fingerprint density at radius 3 is 2.76 bits per heavy atom. The smallest absolute Gasteiger partial charge is 0.395 e. The first-order chi connectivity index (χ1) is 13.9. The quantitative estimate of drug-likeness (QED) is 0.478. The highest BCUT2D eigenvalue weighted by Gasteiger charge is 2.43. The molecule has 0 saturated carbocycles. The summed E-state index contributed by atoms with van der Waals surface area (Å²) in [6, 6.07) is 9.79. The predicted molar refractivity (Wildman–Crippen MR) is 103 cm³/mol. The number of aromatic nitrogens is 3. The maximum atomic E-state index is 13.1. The van der Waals surface area contributed by atoms with E-state index in [1.54, 1.807) is 23.6 Å². The van der Waals surface area contributed by atoms with Gasteiger partial charge in [0.15, 0.2) is 11.5 Å². The molecule has 0 fully saturated rings. The Kier molecular flexibility index (Phi) is 3.93. The molecule has 0 unspecified atom stereocenters. The zero-order valence-electron chi connectivity index (χ0n) is 14.2. The monoisotopic (exact) mass is 434 g/mol. The van der Waals surface area contributed by atoms with Crippen LogP contribution in [0.1, 0.15) is 10.5 Å². The minimum atomic E-state index is -3.70. The Labute approximate surface area is 170 Å². The van der Waals surface area contributed by atoms with Crippen molar-refractivity contribution in [2.45, 2.75) is 6.29 Å². The van der Waals surface area contributed by atoms with Crippen LogP contribution in [0.3, 0.4) is 0 Å². The fraction of sp³-hybridized carbons (Fsp3) is 0.0556. The zero-order valence-corrected chi connectivity index (χ0v) is 15.8. The molecule has 0 saturated heterocycles. The number of thiazole rings is 1. The molecule has 1 amide bonds. The summed E-state index contributed by atoms with van der Waals surface area (Å²) in [5.41, 5.74) is 1.74. The molecule has 0 radical (unpaired) electrons. The number of H-pyrrole nitrogens is 1. The molecule has 2 aromatic carbocycles. The van der Waals surface area contributed by atoms with Crippen LogP contribution in [0.2, 0.25) is 5.02 Å². The third-order valence-corrected chi connectivity index (χ3v) is 5.17. The van der Waals surface area contributed by atoms with E-state index in [0.29, 0.717) is 21.1 Å². The SMILES string of the molecule is O=C(Nc1nc2cc3c(cc2[nH]1)OC(F)(F)O3)c1csc(-c2cccc(Cl)c2)n1. The summed E-state index contributed by atoms with van der Waals surface area (Å²) >= 11 is 7.29. The van der Waals surface area contributed by atoms with Gasteiger partial charge in [0.1, 0.15) is 10.7 Å². The van der Waals surface area contributed by atoms with Gasteiger partial charge in [-0.3, -0.25) is 10.1 Å². The molecule has 146 valence electrons. The van der Waals surface area contributed by atoms with Crippen LogP contribution in [0, 0.1) is 0 Å². The highest BCUT2D eigenvalue weighted by molar-refractivity contribution is 7.13. The average molecular weight is 435 g/mol. The van der Waals surface area contributed by atoms with Gasteiger partial charge in [0, 0.05) is 28.1 Å². The van der Waals surface area contributed by atoms with Crippen LogP contribution in [0.5, 0.6) is 11.5 Å². The summed E-state index contributed by atoms with van der Waals surface area (Å²) in [5.74, 6) is -0.579. The number of anilines is 1. The van der Waals surface area contributed by atoms with E-state index in [4.69, 9.17) is 11.6 Å². The Balaban J connectivity index is 1.37. The van der Waals surface area contributed by atoms with Crippen LogP contribution in [-0.4, -0.2) is 27.2 Å². The number of hydrogen-bond acceptors (Lipinski definition) is 6. The number of hydrogen-bond donors (Lipinski definition) is 2. The first-order valence-corrected chi connectivity index (χ1v) is 9.44. The molecule has 7 nitrogen and oxygen atoms in total. The minimum absolute atomic E-state index is 0.116. The average Bonchev–Trinajstić information content (AvgIpc) is 3.34. The van der Waals surface area contributed by atoms with Crippen LogP contribution >= 0.6 is 22.9 Å². The number of benzene rings is 2. The fourth-order valence-electron chi connectivity index (χ4n) is 2.82. The number of carbonyl (C=O) groups is 1. The second-order valence-electron chi connectivity index (χ2n) is 6.07. The largest absolute Gasteiger partial charge is 0.586 e. The molecule has 0 aliphatic carbocycles. The highest BCUT2D eigenvalue weighted by Crippen LogP contribution is 2.42. The van der Waals surface area contributed by atoms with Crippen molar-refractivity contribution < 1.29 is 23.0 Å². The first-order valence-electron chi connectivity index (χ1n) is 8.19. The maximum absolute atomic E-state index is 13.1. The van der Waals surface area contributed by atoms with Crippen LogP contribution in [0.15, 0.2) is 41.8 Å². The highest BCUT2D eigenvalue weighted by atomic mass is 35.5. The van der Waals surface area contributed by atoms with Crippen molar-refractivity contribution in [3.8, 4) is 22.1 Å². The maximum Gasteiger partial charge on any atom is 0.586 e. The van der Waals surface area contributed by atoms with Gasteiger partial charge in [-0.15, -0.1) is 20.1 Å². The van der Waals surface area contributed by atoms with Gasteiger partial charge in [0.05, 0.1) is 11.0 Å². The minimum Gasteiger partial charge on any atom is -0.395 e. The number of imidazole rings is 1. The van der Waals surface area contributed by atoms with E-state index < -0.39 is 12.2 Å². The van der Waals surface area contributed by atoms with Gasteiger partial charge in [-0.1, -0.05) is 23.7 Å². The molecule has 1 aliphatic rings. The molecular weight excluding hydrogens is 426 g/mol. The molecule has 29 heavy (non-hydrogen) atoms. The number of fused-ring (bicyclic) bond motifs is 2. The lowest BCUT2D eigenvalue weighted by molar-refractivity contribution is -0.286. The van der Waals surface area contributed by atoms with Crippen LogP contribution in [-0.2, 0) is 0 Å². The normalized spacial score (nSPS) is 14.3. The number of nitrogens with one attached hydrogen (secondary N) is 2. The van der Waals surface area contributed by atoms with Gasteiger partial charge in [0.2, 0.25) is 5.95 Å². The van der Waals surface area contributed by atoms with Crippen molar-refractivity contribution in [1.29, 1.82) is 0 Å². The molecule has 0 atom stereocenters. The lowest BCUT2D eigenvalue weighted by Gasteiger charge is -2.04. The molecule has 0 bridgehead atoms. The molecule has 0 spiro atoms. The van der Waals surface area contributed by atoms with Gasteiger partial charge in [-0.05, 0) is 12.1 Å². The van der Waals surface area contributed by atoms with E-state index in [1.807, 2.05) is 6.07 Å². The lowest BCUT2D eigenvalue weighted by Crippen LogP contribution is -2.25. The molecule has 5 rings (SSSR count). The van der Waals surface area contributed by atoms with Gasteiger partial charge in [0.25, 0.3) is 5.91 Å². The van der Waals surface area contributed by atoms with Crippen molar-refractivity contribution in [2.24, 2.45) is 0 Å². The number of amides is 1. The number of halogens is 3. The van der Waals surface area contributed by atoms with Gasteiger partial charge in [-0.2, -0.15) is 0 Å². The third-order valence-electron chi connectivity index (χ3n) is 4.05. The van der Waals surface area contributed by atoms with E-state index in [2.05, 4.69) is 29.7 Å². The van der Waals surface area contributed by atoms with E-state index >= 15 is 0 Å². The summed E-state index contributed by atoms with van der Waals surface area (Å²) in [6.07, 6.45) is -3.70. The van der Waals surface area contributed by atoms with Gasteiger partial charge < -0.3 is 14.5 Å². The van der Waals surface area contributed by atoms with E-state index in [9.17, 15) is 13.6 Å². The molecule has 4 aromatic rings.